The molecule has 6 aromatic carbocycles. The third-order valence-electron chi connectivity index (χ3n) is 9.17. The zero-order valence-electron chi connectivity index (χ0n) is 24.6. The molecule has 8 rings (SSSR count). The van der Waals surface area contributed by atoms with Gasteiger partial charge in [-0.25, -0.2) is 5.01 Å². The van der Waals surface area contributed by atoms with Gasteiger partial charge in [-0.05, 0) is 39.9 Å². The molecule has 0 aromatic heterocycles. The molecular formula is C42H30N2O. The minimum absolute atomic E-state index is 0.0311. The van der Waals surface area contributed by atoms with E-state index in [2.05, 4.69) is 102 Å². The van der Waals surface area contributed by atoms with Crippen LogP contribution in [0.25, 0.3) is 11.1 Å². The number of Topliss-reactive ketones (excluding diaryl/α,β-unsaturated/α-hetero) is 1. The SMILES string of the molecule is O=C1C(c2ccccc2)=C(c2ccccc2)C2(c3ccccc3)N(c3ccccc3)N=C(c3ccccc3)C12c1ccccc1. The van der Waals surface area contributed by atoms with Crippen LogP contribution < -0.4 is 5.01 Å². The summed E-state index contributed by atoms with van der Waals surface area (Å²) in [7, 11) is 0. The summed E-state index contributed by atoms with van der Waals surface area (Å²) >= 11 is 0. The van der Waals surface area contributed by atoms with Crippen LogP contribution in [-0.4, -0.2) is 11.5 Å². The Bertz CT molecular complexity index is 2040. The fourth-order valence-electron chi connectivity index (χ4n) is 7.48. The van der Waals surface area contributed by atoms with Crippen LogP contribution in [0.3, 0.4) is 0 Å². The highest BCUT2D eigenvalue weighted by molar-refractivity contribution is 6.47. The lowest BCUT2D eigenvalue weighted by Gasteiger charge is -2.47. The van der Waals surface area contributed by atoms with E-state index in [0.717, 1.165) is 44.8 Å². The van der Waals surface area contributed by atoms with Crippen molar-refractivity contribution in [1.29, 1.82) is 0 Å². The number of nitrogens with zero attached hydrogens (tertiary/aromatic N) is 2. The Balaban J connectivity index is 1.64. The summed E-state index contributed by atoms with van der Waals surface area (Å²) in [6.07, 6.45) is 0. The Kier molecular flexibility index (Phi) is 6.39. The van der Waals surface area contributed by atoms with E-state index in [4.69, 9.17) is 5.10 Å². The number of carbonyl (C=O) groups excluding carboxylic acids is 1. The Labute approximate surface area is 263 Å². The Morgan fingerprint density at radius 3 is 1.40 bits per heavy atom. The van der Waals surface area contributed by atoms with Crippen molar-refractivity contribution >= 4 is 28.3 Å². The molecule has 1 aliphatic heterocycles. The maximum Gasteiger partial charge on any atom is 0.183 e. The first-order chi connectivity index (χ1) is 22.3. The molecule has 214 valence electrons. The van der Waals surface area contributed by atoms with Gasteiger partial charge in [0, 0.05) is 11.1 Å². The molecule has 1 aliphatic carbocycles. The first-order valence-corrected chi connectivity index (χ1v) is 15.3. The van der Waals surface area contributed by atoms with Crippen LogP contribution in [0.1, 0.15) is 27.8 Å². The Hall–Kier alpha value is -5.80. The van der Waals surface area contributed by atoms with Crippen LogP contribution in [0.5, 0.6) is 0 Å². The van der Waals surface area contributed by atoms with Crippen molar-refractivity contribution in [2.45, 2.75) is 11.0 Å². The number of anilines is 1. The summed E-state index contributed by atoms with van der Waals surface area (Å²) in [6.45, 7) is 0. The summed E-state index contributed by atoms with van der Waals surface area (Å²) in [5.41, 5.74) is 5.65. The van der Waals surface area contributed by atoms with Crippen LogP contribution in [0.4, 0.5) is 5.69 Å². The molecule has 2 unspecified atom stereocenters. The van der Waals surface area contributed by atoms with Crippen LogP contribution in [0.2, 0.25) is 0 Å². The maximum atomic E-state index is 16.1. The number of benzene rings is 6. The van der Waals surface area contributed by atoms with Crippen molar-refractivity contribution in [3.63, 3.8) is 0 Å². The number of carbonyl (C=O) groups is 1. The summed E-state index contributed by atoms with van der Waals surface area (Å²) in [5.74, 6) is 0.0311. The van der Waals surface area contributed by atoms with Gasteiger partial charge >= 0.3 is 0 Å². The normalized spacial score (nSPS) is 20.7. The summed E-state index contributed by atoms with van der Waals surface area (Å²) < 4.78 is 0. The van der Waals surface area contributed by atoms with Gasteiger partial charge < -0.3 is 0 Å². The highest BCUT2D eigenvalue weighted by Crippen LogP contribution is 2.67. The number of hydrazone groups is 1. The summed E-state index contributed by atoms with van der Waals surface area (Å²) in [6, 6.07) is 61.7. The maximum absolute atomic E-state index is 16.1. The van der Waals surface area contributed by atoms with Crippen molar-refractivity contribution in [3.8, 4) is 0 Å². The topological polar surface area (TPSA) is 32.7 Å². The predicted octanol–water partition coefficient (Wildman–Crippen LogP) is 8.94. The van der Waals surface area contributed by atoms with E-state index in [9.17, 15) is 0 Å². The number of ketones is 1. The molecule has 6 aromatic rings. The Morgan fingerprint density at radius 1 is 0.444 bits per heavy atom. The molecule has 3 nitrogen and oxygen atoms in total. The zero-order chi connectivity index (χ0) is 30.3. The second-order valence-electron chi connectivity index (χ2n) is 11.5. The van der Waals surface area contributed by atoms with Crippen molar-refractivity contribution in [2.75, 3.05) is 5.01 Å². The van der Waals surface area contributed by atoms with Crippen molar-refractivity contribution < 1.29 is 4.79 Å². The van der Waals surface area contributed by atoms with Crippen molar-refractivity contribution in [1.82, 2.24) is 0 Å². The van der Waals surface area contributed by atoms with E-state index in [1.54, 1.807) is 0 Å². The monoisotopic (exact) mass is 578 g/mol. The molecule has 0 saturated heterocycles. The van der Waals surface area contributed by atoms with Crippen LogP contribution >= 0.6 is 0 Å². The molecule has 1 heterocycles. The first kappa shape index (κ1) is 26.8. The lowest BCUT2D eigenvalue weighted by Crippen LogP contribution is -2.58. The standard InChI is InChI=1S/C42H30N2O/c45-40-37(31-19-7-1-8-20-31)38(32-21-9-2-10-22-32)42(35-27-15-5-16-28-35)41(40,34-25-13-4-14-26-34)39(33-23-11-3-12-24-33)43-44(42)36-29-17-6-18-30-36/h1-30H. The number of allylic oxidation sites excluding steroid dienone is 1. The van der Waals surface area contributed by atoms with Gasteiger partial charge in [0.2, 0.25) is 0 Å². The summed E-state index contributed by atoms with van der Waals surface area (Å²) in [5, 5.41) is 7.69. The van der Waals surface area contributed by atoms with E-state index in [1.807, 2.05) is 84.9 Å². The number of para-hydroxylation sites is 1. The van der Waals surface area contributed by atoms with E-state index in [0.29, 0.717) is 5.57 Å². The minimum Gasteiger partial charge on any atom is -0.293 e. The van der Waals surface area contributed by atoms with E-state index >= 15 is 4.79 Å². The average Bonchev–Trinajstić information content (AvgIpc) is 3.57. The van der Waals surface area contributed by atoms with Gasteiger partial charge in [-0.15, -0.1) is 0 Å². The Morgan fingerprint density at radius 2 is 0.867 bits per heavy atom. The van der Waals surface area contributed by atoms with Crippen LogP contribution in [0.15, 0.2) is 187 Å². The highest BCUT2D eigenvalue weighted by Gasteiger charge is 2.74. The molecule has 0 fully saturated rings. The molecule has 0 bridgehead atoms. The van der Waals surface area contributed by atoms with Gasteiger partial charge in [0.15, 0.2) is 5.78 Å². The fraction of sp³-hybridized carbons (Fsp3) is 0.0476. The molecule has 3 heteroatoms. The van der Waals surface area contributed by atoms with Gasteiger partial charge in [-0.1, -0.05) is 170 Å². The molecule has 0 N–H and O–H groups in total. The lowest BCUT2D eigenvalue weighted by molar-refractivity contribution is -0.117. The number of rotatable bonds is 6. The molecule has 0 spiro atoms. The minimum atomic E-state index is -1.23. The molecule has 2 aliphatic rings. The van der Waals surface area contributed by atoms with Gasteiger partial charge in [-0.3, -0.25) is 4.79 Å². The smallest absolute Gasteiger partial charge is 0.183 e. The fourth-order valence-corrected chi connectivity index (χ4v) is 7.48. The average molecular weight is 579 g/mol. The van der Waals surface area contributed by atoms with Gasteiger partial charge in [0.05, 0.1) is 11.4 Å². The largest absolute Gasteiger partial charge is 0.293 e. The number of hydrogen-bond acceptors (Lipinski definition) is 3. The van der Waals surface area contributed by atoms with Gasteiger partial charge in [-0.2, -0.15) is 5.10 Å². The molecule has 2 atom stereocenters. The van der Waals surface area contributed by atoms with Crippen LogP contribution in [-0.2, 0) is 15.7 Å². The van der Waals surface area contributed by atoms with Crippen molar-refractivity contribution in [2.24, 2.45) is 5.10 Å². The highest BCUT2D eigenvalue weighted by atomic mass is 16.1. The van der Waals surface area contributed by atoms with Gasteiger partial charge in [0.25, 0.3) is 0 Å². The second-order valence-corrected chi connectivity index (χ2v) is 11.5. The summed E-state index contributed by atoms with van der Waals surface area (Å²) in [4.78, 5) is 16.1. The molecule has 0 radical (unpaired) electrons. The van der Waals surface area contributed by atoms with E-state index < -0.39 is 11.0 Å². The lowest BCUT2D eigenvalue weighted by atomic mass is 9.57. The van der Waals surface area contributed by atoms with E-state index in [-0.39, 0.29) is 5.78 Å². The first-order valence-electron chi connectivity index (χ1n) is 15.3. The molecule has 0 amide bonds. The second kappa shape index (κ2) is 10.7. The molecule has 45 heavy (non-hydrogen) atoms. The third kappa shape index (κ3) is 3.77. The van der Waals surface area contributed by atoms with Gasteiger partial charge in [0.1, 0.15) is 11.0 Å². The van der Waals surface area contributed by atoms with Crippen molar-refractivity contribution in [3.05, 3.63) is 210 Å². The predicted molar refractivity (Wildman–Crippen MR) is 183 cm³/mol. The quantitative estimate of drug-likeness (QED) is 0.198. The molecule has 0 saturated carbocycles. The third-order valence-corrected chi connectivity index (χ3v) is 9.17. The van der Waals surface area contributed by atoms with Crippen LogP contribution in [0, 0.1) is 0 Å². The van der Waals surface area contributed by atoms with E-state index in [1.165, 1.54) is 0 Å². The zero-order valence-corrected chi connectivity index (χ0v) is 24.6. The number of hydrogen-bond donors (Lipinski definition) is 0. The number of fused-ring (bicyclic) bond motifs is 1. The molecular weight excluding hydrogens is 548 g/mol.